The van der Waals surface area contributed by atoms with Crippen LogP contribution in [0, 0.1) is 11.6 Å². The molecule has 1 heterocycles. The van der Waals surface area contributed by atoms with Gasteiger partial charge in [-0.1, -0.05) is 12.1 Å². The summed E-state index contributed by atoms with van der Waals surface area (Å²) in [6.07, 6.45) is -2.62. The first kappa shape index (κ1) is 25.1. The van der Waals surface area contributed by atoms with Gasteiger partial charge in [0.15, 0.2) is 11.6 Å². The molecule has 0 fully saturated rings. The van der Waals surface area contributed by atoms with Crippen LogP contribution in [-0.4, -0.2) is 32.2 Å². The third kappa shape index (κ3) is 5.88. The van der Waals surface area contributed by atoms with Crippen molar-refractivity contribution in [1.82, 2.24) is 9.71 Å². The molecule has 2 aromatic carbocycles. The Kier molecular flexibility index (Phi) is 6.93. The molecule has 14 heteroatoms. The van der Waals surface area contributed by atoms with Crippen molar-refractivity contribution in [2.45, 2.75) is 12.2 Å². The molecule has 3 aromatic rings. The van der Waals surface area contributed by atoms with Crippen molar-refractivity contribution in [1.29, 1.82) is 0 Å². The lowest BCUT2D eigenvalue weighted by atomic mass is 10.1. The van der Waals surface area contributed by atoms with Gasteiger partial charge in [-0.3, -0.25) is 4.79 Å². The number of carbonyl (C=O) groups is 1. The fourth-order valence-corrected chi connectivity index (χ4v) is 3.55. The molecule has 1 unspecified atom stereocenters. The number of hydrogen-bond acceptors (Lipinski definition) is 6. The highest BCUT2D eigenvalue weighted by molar-refractivity contribution is 7.88. The van der Waals surface area contributed by atoms with Crippen molar-refractivity contribution in [3.8, 4) is 17.0 Å². The maximum absolute atomic E-state index is 14.4. The van der Waals surface area contributed by atoms with Crippen LogP contribution in [0.15, 0.2) is 47.1 Å². The third-order valence-electron chi connectivity index (χ3n) is 4.39. The summed E-state index contributed by atoms with van der Waals surface area (Å²) in [6.45, 7) is -0.610. The monoisotopic (exact) mass is 505 g/mol. The normalized spacial score (nSPS) is 13.0. The highest BCUT2D eigenvalue weighted by atomic mass is 32.2. The van der Waals surface area contributed by atoms with Gasteiger partial charge in [0, 0.05) is 5.56 Å². The van der Waals surface area contributed by atoms with Crippen LogP contribution in [-0.2, 0) is 16.2 Å². The first-order valence-electron chi connectivity index (χ1n) is 9.27. The van der Waals surface area contributed by atoms with E-state index in [1.54, 1.807) is 0 Å². The Bertz CT molecular complexity index is 1310. The minimum Gasteiger partial charge on any atom is -0.488 e. The van der Waals surface area contributed by atoms with E-state index < -0.39 is 63.3 Å². The van der Waals surface area contributed by atoms with Gasteiger partial charge in [-0.2, -0.15) is 17.9 Å². The fourth-order valence-electron chi connectivity index (χ4n) is 2.87. The SMILES string of the molecule is CS(=O)(=O)NC(COc1ccc(F)c(C(N)=O)c1F)c1nc(-c2ccc(C(F)(F)F)cc2)co1. The molecule has 3 N–H and O–H groups in total. The number of carbonyl (C=O) groups excluding carboxylic acids is 1. The van der Waals surface area contributed by atoms with Crippen molar-refractivity contribution < 1.29 is 44.3 Å². The summed E-state index contributed by atoms with van der Waals surface area (Å²) in [6, 6.07) is 4.28. The van der Waals surface area contributed by atoms with Crippen LogP contribution >= 0.6 is 0 Å². The Balaban J connectivity index is 1.86. The molecule has 0 aliphatic heterocycles. The molecule has 34 heavy (non-hydrogen) atoms. The van der Waals surface area contributed by atoms with Gasteiger partial charge in [0.05, 0.1) is 11.8 Å². The number of halogens is 5. The molecule has 0 aliphatic carbocycles. The topological polar surface area (TPSA) is 125 Å². The summed E-state index contributed by atoms with van der Waals surface area (Å²) in [5, 5.41) is 0. The highest BCUT2D eigenvalue weighted by Crippen LogP contribution is 2.31. The lowest BCUT2D eigenvalue weighted by Gasteiger charge is -2.16. The summed E-state index contributed by atoms with van der Waals surface area (Å²) in [4.78, 5) is 15.3. The Morgan fingerprint density at radius 1 is 1.18 bits per heavy atom. The van der Waals surface area contributed by atoms with E-state index in [4.69, 9.17) is 14.9 Å². The van der Waals surface area contributed by atoms with Crippen LogP contribution < -0.4 is 15.2 Å². The maximum Gasteiger partial charge on any atom is 0.416 e. The number of oxazole rings is 1. The second-order valence-corrected chi connectivity index (χ2v) is 8.78. The molecule has 0 spiro atoms. The van der Waals surface area contributed by atoms with E-state index in [2.05, 4.69) is 9.71 Å². The van der Waals surface area contributed by atoms with Crippen LogP contribution in [0.3, 0.4) is 0 Å². The molecule has 1 amide bonds. The standard InChI is InChI=1S/C20H16F5N3O5S/c1-34(30,31)28-14(9-32-15-7-6-12(21)16(17(15)22)18(26)29)19-27-13(8-33-19)10-2-4-11(5-3-10)20(23,24)25/h2-8,14,28H,9H2,1H3,(H2,26,29). The van der Waals surface area contributed by atoms with E-state index in [0.29, 0.717) is 0 Å². The van der Waals surface area contributed by atoms with Crippen LogP contribution in [0.5, 0.6) is 5.75 Å². The second-order valence-electron chi connectivity index (χ2n) is 7.00. The molecule has 0 bridgehead atoms. The van der Waals surface area contributed by atoms with Crippen molar-refractivity contribution in [3.63, 3.8) is 0 Å². The van der Waals surface area contributed by atoms with Gasteiger partial charge < -0.3 is 14.9 Å². The average molecular weight is 505 g/mol. The van der Waals surface area contributed by atoms with Crippen LogP contribution in [0.4, 0.5) is 22.0 Å². The molecular weight excluding hydrogens is 489 g/mol. The molecule has 3 rings (SSSR count). The zero-order valence-corrected chi connectivity index (χ0v) is 18.0. The predicted octanol–water partition coefficient (Wildman–Crippen LogP) is 3.41. The van der Waals surface area contributed by atoms with E-state index in [-0.39, 0.29) is 17.1 Å². The summed E-state index contributed by atoms with van der Waals surface area (Å²) in [7, 11) is -3.87. The molecule has 182 valence electrons. The Labute approximate surface area is 189 Å². The number of nitrogens with zero attached hydrogens (tertiary/aromatic N) is 1. The number of nitrogens with one attached hydrogen (secondary N) is 1. The average Bonchev–Trinajstić information content (AvgIpc) is 3.21. The number of rotatable bonds is 8. The Morgan fingerprint density at radius 3 is 2.38 bits per heavy atom. The van der Waals surface area contributed by atoms with Crippen LogP contribution in [0.1, 0.15) is 27.9 Å². The summed E-state index contributed by atoms with van der Waals surface area (Å²) in [5.41, 5.74) is 3.38. The number of aromatic nitrogens is 1. The van der Waals surface area contributed by atoms with Crippen molar-refractivity contribution >= 4 is 15.9 Å². The van der Waals surface area contributed by atoms with Gasteiger partial charge in [-0.15, -0.1) is 0 Å². The molecule has 0 saturated heterocycles. The minimum atomic E-state index is -4.53. The van der Waals surface area contributed by atoms with Gasteiger partial charge in [-0.05, 0) is 24.3 Å². The Morgan fingerprint density at radius 2 is 1.82 bits per heavy atom. The maximum atomic E-state index is 14.4. The molecule has 8 nitrogen and oxygen atoms in total. The van der Waals surface area contributed by atoms with Gasteiger partial charge in [0.1, 0.15) is 36.0 Å². The van der Waals surface area contributed by atoms with Crippen LogP contribution in [0.25, 0.3) is 11.3 Å². The summed E-state index contributed by atoms with van der Waals surface area (Å²) in [5.74, 6) is -4.82. The first-order valence-corrected chi connectivity index (χ1v) is 11.2. The lowest BCUT2D eigenvalue weighted by Crippen LogP contribution is -2.32. The molecule has 0 saturated carbocycles. The molecule has 0 radical (unpaired) electrons. The molecule has 1 aromatic heterocycles. The number of ether oxygens (including phenoxy) is 1. The van der Waals surface area contributed by atoms with Crippen molar-refractivity contribution in [3.05, 3.63) is 71.3 Å². The van der Waals surface area contributed by atoms with E-state index in [9.17, 15) is 35.2 Å². The largest absolute Gasteiger partial charge is 0.488 e. The van der Waals surface area contributed by atoms with Crippen molar-refractivity contribution in [2.75, 3.05) is 12.9 Å². The van der Waals surface area contributed by atoms with Gasteiger partial charge >= 0.3 is 6.18 Å². The number of hydrogen-bond donors (Lipinski definition) is 2. The zero-order chi connectivity index (χ0) is 25.3. The minimum absolute atomic E-state index is 0.0907. The summed E-state index contributed by atoms with van der Waals surface area (Å²) < 4.78 is 102. The van der Waals surface area contributed by atoms with E-state index in [1.807, 2.05) is 0 Å². The summed E-state index contributed by atoms with van der Waals surface area (Å²) >= 11 is 0. The number of sulfonamides is 1. The molecular formula is C20H16F5N3O5S. The molecule has 1 atom stereocenters. The number of nitrogens with two attached hydrogens (primary N) is 1. The quantitative estimate of drug-likeness (QED) is 0.452. The number of amides is 1. The lowest BCUT2D eigenvalue weighted by molar-refractivity contribution is -0.137. The fraction of sp³-hybridized carbons (Fsp3) is 0.200. The van der Waals surface area contributed by atoms with Gasteiger partial charge in [-0.25, -0.2) is 22.2 Å². The van der Waals surface area contributed by atoms with Crippen LogP contribution in [0.2, 0.25) is 0 Å². The third-order valence-corrected chi connectivity index (χ3v) is 5.10. The smallest absolute Gasteiger partial charge is 0.416 e. The zero-order valence-electron chi connectivity index (χ0n) is 17.2. The van der Waals surface area contributed by atoms with E-state index in [0.717, 1.165) is 48.9 Å². The predicted molar refractivity (Wildman–Crippen MR) is 108 cm³/mol. The molecule has 0 aliphatic rings. The number of primary amides is 1. The Hall–Kier alpha value is -3.52. The van der Waals surface area contributed by atoms with Crippen molar-refractivity contribution in [2.24, 2.45) is 5.73 Å². The van der Waals surface area contributed by atoms with Gasteiger partial charge in [0.25, 0.3) is 5.91 Å². The second kappa shape index (κ2) is 9.38. The van der Waals surface area contributed by atoms with E-state index >= 15 is 0 Å². The van der Waals surface area contributed by atoms with Gasteiger partial charge in [0.2, 0.25) is 15.9 Å². The number of alkyl halides is 3. The first-order chi connectivity index (χ1) is 15.8. The van der Waals surface area contributed by atoms with E-state index in [1.165, 1.54) is 0 Å². The number of benzene rings is 2. The highest BCUT2D eigenvalue weighted by Gasteiger charge is 2.30.